The number of amides is 2. The lowest BCUT2D eigenvalue weighted by molar-refractivity contribution is -0.274. The fraction of sp³-hybridized carbons (Fsp3) is 0.316. The number of alkyl halides is 3. The highest BCUT2D eigenvalue weighted by Gasteiger charge is 2.31. The van der Waals surface area contributed by atoms with Crippen LogP contribution in [0.3, 0.4) is 0 Å². The molecule has 1 aromatic heterocycles. The molecule has 0 aliphatic carbocycles. The first-order valence-electron chi connectivity index (χ1n) is 8.72. The molecule has 7 nitrogen and oxygen atoms in total. The molecule has 2 amide bonds. The number of ether oxygens (including phenoxy) is 2. The van der Waals surface area contributed by atoms with Gasteiger partial charge in [-0.15, -0.1) is 24.5 Å². The molecule has 0 aliphatic heterocycles. The van der Waals surface area contributed by atoms with Crippen LogP contribution < -0.4 is 15.4 Å². The second kappa shape index (κ2) is 10.1. The predicted molar refractivity (Wildman–Crippen MR) is 103 cm³/mol. The van der Waals surface area contributed by atoms with Crippen molar-refractivity contribution in [1.82, 2.24) is 5.32 Å². The molecule has 30 heavy (non-hydrogen) atoms. The molecule has 1 heterocycles. The van der Waals surface area contributed by atoms with E-state index in [9.17, 15) is 27.6 Å². The predicted octanol–water partition coefficient (Wildman–Crippen LogP) is 3.58. The van der Waals surface area contributed by atoms with E-state index in [1.807, 2.05) is 0 Å². The van der Waals surface area contributed by atoms with E-state index in [4.69, 9.17) is 4.74 Å². The molecule has 0 radical (unpaired) electrons. The standard InChI is InChI=1S/C19H19F3N2O5S/c1-11(2)16(24-17(26)14-4-3-9-30-14)18(27)28-10-15(25)23-12-5-7-13(8-6-12)29-19(20,21)22/h3-9,11,16H,10H2,1-2H3,(H,23,25)(H,24,26). The highest BCUT2D eigenvalue weighted by atomic mass is 32.1. The maximum atomic E-state index is 12.3. The molecule has 0 spiro atoms. The first-order valence-corrected chi connectivity index (χ1v) is 9.60. The fourth-order valence-corrected chi connectivity index (χ4v) is 2.91. The number of carbonyl (C=O) groups excluding carboxylic acids is 3. The van der Waals surface area contributed by atoms with Crippen molar-refractivity contribution < 1.29 is 37.0 Å². The summed E-state index contributed by atoms with van der Waals surface area (Å²) in [6.45, 7) is 2.80. The Morgan fingerprint density at radius 3 is 2.30 bits per heavy atom. The lowest BCUT2D eigenvalue weighted by Crippen LogP contribution is -2.45. The van der Waals surface area contributed by atoms with Crippen LogP contribution in [0.1, 0.15) is 23.5 Å². The van der Waals surface area contributed by atoms with Gasteiger partial charge in [-0.25, -0.2) is 4.79 Å². The van der Waals surface area contributed by atoms with Crippen LogP contribution in [0, 0.1) is 5.92 Å². The zero-order valence-electron chi connectivity index (χ0n) is 16.0. The third-order valence-corrected chi connectivity index (χ3v) is 4.54. The van der Waals surface area contributed by atoms with E-state index in [0.717, 1.165) is 12.1 Å². The topological polar surface area (TPSA) is 93.7 Å². The minimum absolute atomic E-state index is 0.192. The average Bonchev–Trinajstić information content (AvgIpc) is 3.19. The number of halogens is 3. The van der Waals surface area contributed by atoms with Gasteiger partial charge in [0, 0.05) is 5.69 Å². The molecule has 0 saturated heterocycles. The minimum Gasteiger partial charge on any atom is -0.454 e. The van der Waals surface area contributed by atoms with Gasteiger partial charge in [0.25, 0.3) is 11.8 Å². The summed E-state index contributed by atoms with van der Waals surface area (Å²) in [5.41, 5.74) is 0.192. The monoisotopic (exact) mass is 444 g/mol. The van der Waals surface area contributed by atoms with E-state index in [2.05, 4.69) is 15.4 Å². The van der Waals surface area contributed by atoms with Gasteiger partial charge in [0.2, 0.25) is 0 Å². The Labute approximate surface area is 174 Å². The molecule has 0 aliphatic rings. The number of carbonyl (C=O) groups is 3. The van der Waals surface area contributed by atoms with Crippen LogP contribution in [0.4, 0.5) is 18.9 Å². The first-order chi connectivity index (χ1) is 14.0. The van der Waals surface area contributed by atoms with E-state index >= 15 is 0 Å². The molecule has 1 aromatic carbocycles. The Bertz CT molecular complexity index is 867. The summed E-state index contributed by atoms with van der Waals surface area (Å²) >= 11 is 1.22. The molecule has 0 bridgehead atoms. The molecule has 2 N–H and O–H groups in total. The molecule has 2 rings (SSSR count). The summed E-state index contributed by atoms with van der Waals surface area (Å²) in [5.74, 6) is -2.62. The Morgan fingerprint density at radius 1 is 1.10 bits per heavy atom. The summed E-state index contributed by atoms with van der Waals surface area (Å²) in [5, 5.41) is 6.68. The van der Waals surface area contributed by atoms with Crippen molar-refractivity contribution in [2.24, 2.45) is 5.92 Å². The SMILES string of the molecule is CC(C)C(NC(=O)c1cccs1)C(=O)OCC(=O)Nc1ccc(OC(F)(F)F)cc1. The Morgan fingerprint density at radius 2 is 1.77 bits per heavy atom. The van der Waals surface area contributed by atoms with Crippen LogP contribution >= 0.6 is 11.3 Å². The van der Waals surface area contributed by atoms with Crippen molar-refractivity contribution in [2.45, 2.75) is 26.3 Å². The van der Waals surface area contributed by atoms with Crippen LogP contribution in [0.5, 0.6) is 5.75 Å². The number of rotatable bonds is 8. The largest absolute Gasteiger partial charge is 0.573 e. The van der Waals surface area contributed by atoms with E-state index in [-0.39, 0.29) is 11.6 Å². The summed E-state index contributed by atoms with van der Waals surface area (Å²) < 4.78 is 45.1. The van der Waals surface area contributed by atoms with Crippen molar-refractivity contribution in [2.75, 3.05) is 11.9 Å². The van der Waals surface area contributed by atoms with E-state index in [1.54, 1.807) is 31.4 Å². The Balaban J connectivity index is 1.86. The summed E-state index contributed by atoms with van der Waals surface area (Å²) in [7, 11) is 0. The van der Waals surface area contributed by atoms with Gasteiger partial charge in [0.05, 0.1) is 4.88 Å². The number of esters is 1. The fourth-order valence-electron chi connectivity index (χ4n) is 2.28. The lowest BCUT2D eigenvalue weighted by Gasteiger charge is -2.20. The lowest BCUT2D eigenvalue weighted by atomic mass is 10.0. The van der Waals surface area contributed by atoms with Crippen LogP contribution in [0.2, 0.25) is 0 Å². The molecule has 162 valence electrons. The zero-order chi connectivity index (χ0) is 22.3. The maximum absolute atomic E-state index is 12.3. The van der Waals surface area contributed by atoms with Gasteiger partial charge in [-0.2, -0.15) is 0 Å². The summed E-state index contributed by atoms with van der Waals surface area (Å²) in [6.07, 6.45) is -4.81. The molecule has 0 saturated carbocycles. The van der Waals surface area contributed by atoms with Gasteiger partial charge in [0.15, 0.2) is 6.61 Å². The Kier molecular flexibility index (Phi) is 7.81. The third-order valence-electron chi connectivity index (χ3n) is 3.67. The van der Waals surface area contributed by atoms with Gasteiger partial charge in [0.1, 0.15) is 11.8 Å². The molecule has 0 fully saturated rings. The van der Waals surface area contributed by atoms with Crippen molar-refractivity contribution >= 4 is 34.8 Å². The summed E-state index contributed by atoms with van der Waals surface area (Å²) in [4.78, 5) is 36.8. The smallest absolute Gasteiger partial charge is 0.454 e. The zero-order valence-corrected chi connectivity index (χ0v) is 16.8. The van der Waals surface area contributed by atoms with Gasteiger partial charge >= 0.3 is 12.3 Å². The number of hydrogen-bond acceptors (Lipinski definition) is 6. The van der Waals surface area contributed by atoms with Crippen LogP contribution in [0.15, 0.2) is 41.8 Å². The van der Waals surface area contributed by atoms with Crippen LogP contribution in [-0.2, 0) is 14.3 Å². The van der Waals surface area contributed by atoms with Gasteiger partial charge in [-0.05, 0) is 41.6 Å². The summed E-state index contributed by atoms with van der Waals surface area (Å²) in [6, 6.07) is 6.84. The first kappa shape index (κ1) is 23.2. The van der Waals surface area contributed by atoms with Gasteiger partial charge < -0.3 is 20.1 Å². The van der Waals surface area contributed by atoms with E-state index in [0.29, 0.717) is 4.88 Å². The quantitative estimate of drug-likeness (QED) is 0.607. The molecular formula is C19H19F3N2O5S. The van der Waals surface area contributed by atoms with Crippen LogP contribution in [0.25, 0.3) is 0 Å². The van der Waals surface area contributed by atoms with Crippen molar-refractivity contribution in [1.29, 1.82) is 0 Å². The van der Waals surface area contributed by atoms with Crippen molar-refractivity contribution in [3.63, 3.8) is 0 Å². The third kappa shape index (κ3) is 7.39. The molecule has 1 atom stereocenters. The van der Waals surface area contributed by atoms with E-state index < -0.39 is 42.5 Å². The molecular weight excluding hydrogens is 425 g/mol. The number of hydrogen-bond donors (Lipinski definition) is 2. The van der Waals surface area contributed by atoms with Crippen LogP contribution in [-0.4, -0.2) is 36.8 Å². The Hall–Kier alpha value is -3.08. The number of anilines is 1. The van der Waals surface area contributed by atoms with Crippen molar-refractivity contribution in [3.8, 4) is 5.75 Å². The second-order valence-corrected chi connectivity index (χ2v) is 7.35. The minimum atomic E-state index is -4.81. The number of benzene rings is 1. The second-order valence-electron chi connectivity index (χ2n) is 6.40. The van der Waals surface area contributed by atoms with E-state index in [1.165, 1.54) is 23.5 Å². The number of thiophene rings is 1. The van der Waals surface area contributed by atoms with Gasteiger partial charge in [-0.1, -0.05) is 19.9 Å². The average molecular weight is 444 g/mol. The molecule has 11 heteroatoms. The highest BCUT2D eigenvalue weighted by Crippen LogP contribution is 2.23. The molecule has 2 aromatic rings. The normalized spacial score (nSPS) is 12.2. The maximum Gasteiger partial charge on any atom is 0.573 e. The number of nitrogens with one attached hydrogen (secondary N) is 2. The molecule has 1 unspecified atom stereocenters. The highest BCUT2D eigenvalue weighted by molar-refractivity contribution is 7.12. The van der Waals surface area contributed by atoms with Gasteiger partial charge in [-0.3, -0.25) is 9.59 Å². The van der Waals surface area contributed by atoms with Crippen molar-refractivity contribution in [3.05, 3.63) is 46.7 Å².